The first-order valence-electron chi connectivity index (χ1n) is 9.15. The lowest BCUT2D eigenvalue weighted by molar-refractivity contribution is -0.117. The van der Waals surface area contributed by atoms with Gasteiger partial charge in [0, 0.05) is 0 Å². The highest BCUT2D eigenvalue weighted by molar-refractivity contribution is 5.88. The van der Waals surface area contributed by atoms with Crippen molar-refractivity contribution >= 4 is 11.0 Å². The Bertz CT molecular complexity index is 1120. The van der Waals surface area contributed by atoms with Crippen molar-refractivity contribution in [1.82, 2.24) is 0 Å². The van der Waals surface area contributed by atoms with Crippen LogP contribution in [0.4, 0.5) is 0 Å². The molecule has 1 fully saturated rings. The van der Waals surface area contributed by atoms with Crippen LogP contribution in [0.5, 0.6) is 17.2 Å². The van der Waals surface area contributed by atoms with Gasteiger partial charge in [-0.15, -0.1) is 0 Å². The van der Waals surface area contributed by atoms with Crippen molar-refractivity contribution in [3.05, 3.63) is 52.9 Å². The number of rotatable bonds is 5. The summed E-state index contributed by atoms with van der Waals surface area (Å²) in [5.41, 5.74) is 0.421. The maximum atomic E-state index is 12.9. The summed E-state index contributed by atoms with van der Waals surface area (Å²) in [5, 5.41) is 39.6. The van der Waals surface area contributed by atoms with Gasteiger partial charge in [-0.2, -0.15) is 0 Å². The van der Waals surface area contributed by atoms with Crippen LogP contribution in [-0.4, -0.2) is 58.7 Å². The molecule has 0 spiro atoms. The zero-order valence-corrected chi connectivity index (χ0v) is 15.9. The first-order valence-corrected chi connectivity index (χ1v) is 9.15. The Morgan fingerprint density at radius 2 is 1.93 bits per heavy atom. The maximum absolute atomic E-state index is 12.9. The number of aliphatic hydroxyl groups is 3. The minimum absolute atomic E-state index is 0.101. The van der Waals surface area contributed by atoms with Crippen molar-refractivity contribution < 1.29 is 39.1 Å². The van der Waals surface area contributed by atoms with Crippen molar-refractivity contribution in [3.8, 4) is 28.4 Å². The summed E-state index contributed by atoms with van der Waals surface area (Å²) in [6, 6.07) is 9.67. The number of benzene rings is 2. The van der Waals surface area contributed by atoms with Gasteiger partial charge in [-0.05, 0) is 29.8 Å². The number of fused-ring (bicyclic) bond motifs is 1. The van der Waals surface area contributed by atoms with Gasteiger partial charge in [0.2, 0.25) is 17.5 Å². The number of hydrogen-bond donors (Lipinski definition) is 4. The molecule has 3 aromatic rings. The van der Waals surface area contributed by atoms with E-state index >= 15 is 0 Å². The predicted molar refractivity (Wildman–Crippen MR) is 105 cm³/mol. The van der Waals surface area contributed by atoms with Crippen LogP contribution in [-0.2, 0) is 4.74 Å². The minimum Gasteiger partial charge on any atom is -0.502 e. The van der Waals surface area contributed by atoms with E-state index in [0.29, 0.717) is 11.3 Å². The molecule has 1 aromatic heterocycles. The molecule has 0 amide bonds. The summed E-state index contributed by atoms with van der Waals surface area (Å²) in [7, 11) is 1.52. The number of phenols is 1. The molecule has 0 unspecified atom stereocenters. The van der Waals surface area contributed by atoms with E-state index in [2.05, 4.69) is 0 Å². The third-order valence-electron chi connectivity index (χ3n) is 5.00. The zero-order chi connectivity index (χ0) is 21.4. The molecule has 1 aliphatic rings. The van der Waals surface area contributed by atoms with Crippen LogP contribution in [0.25, 0.3) is 22.1 Å². The molecule has 4 rings (SSSR count). The monoisotopic (exact) mass is 416 g/mol. The summed E-state index contributed by atoms with van der Waals surface area (Å²) >= 11 is 0. The fourth-order valence-electron chi connectivity index (χ4n) is 3.34. The Morgan fingerprint density at radius 3 is 2.63 bits per heavy atom. The van der Waals surface area contributed by atoms with Crippen LogP contribution < -0.4 is 14.9 Å². The number of aromatic hydroxyl groups is 1. The summed E-state index contributed by atoms with van der Waals surface area (Å²) in [6.45, 7) is -0.510. The molecule has 1 aliphatic heterocycles. The van der Waals surface area contributed by atoms with Gasteiger partial charge in [-0.25, -0.2) is 0 Å². The third kappa shape index (κ3) is 3.37. The standard InChI is InChI=1S/C21H20O9/c1-27-11-4-2-3-10(7-11)13-9-28-20-12(16(13)23)5-6-14(18(20)25)29-21-19(26)17(24)15(8-22)30-21/h2-7,9,15,17,19,21-22,24-26H,8H2,1H3/t15-,17-,19+,21+/m1/s1. The molecule has 158 valence electrons. The lowest BCUT2D eigenvalue weighted by atomic mass is 10.0. The lowest BCUT2D eigenvalue weighted by Gasteiger charge is -2.18. The Kier molecular flexibility index (Phi) is 5.35. The average molecular weight is 416 g/mol. The van der Waals surface area contributed by atoms with E-state index < -0.39 is 37.0 Å². The third-order valence-corrected chi connectivity index (χ3v) is 5.00. The Labute approximate surface area is 170 Å². The second-order valence-corrected chi connectivity index (χ2v) is 6.82. The smallest absolute Gasteiger partial charge is 0.229 e. The van der Waals surface area contributed by atoms with Gasteiger partial charge >= 0.3 is 0 Å². The lowest BCUT2D eigenvalue weighted by Crippen LogP contribution is -2.35. The van der Waals surface area contributed by atoms with Crippen molar-refractivity contribution in [2.75, 3.05) is 13.7 Å². The van der Waals surface area contributed by atoms with Crippen LogP contribution >= 0.6 is 0 Å². The summed E-state index contributed by atoms with van der Waals surface area (Å²) in [6.07, 6.45) is -3.88. The molecule has 4 N–H and O–H groups in total. The quantitative estimate of drug-likeness (QED) is 0.479. The van der Waals surface area contributed by atoms with E-state index in [9.17, 15) is 20.1 Å². The van der Waals surface area contributed by atoms with E-state index in [1.165, 1.54) is 25.5 Å². The summed E-state index contributed by atoms with van der Waals surface area (Å²) in [4.78, 5) is 12.9. The number of methoxy groups -OCH3 is 1. The van der Waals surface area contributed by atoms with Gasteiger partial charge in [0.1, 0.15) is 30.3 Å². The molecule has 30 heavy (non-hydrogen) atoms. The number of ether oxygens (including phenoxy) is 3. The Balaban J connectivity index is 1.69. The number of hydrogen-bond acceptors (Lipinski definition) is 9. The van der Waals surface area contributed by atoms with Gasteiger partial charge in [-0.1, -0.05) is 12.1 Å². The van der Waals surface area contributed by atoms with Crippen LogP contribution in [0.1, 0.15) is 0 Å². The molecular formula is C21H20O9. The van der Waals surface area contributed by atoms with E-state index in [-0.39, 0.29) is 27.7 Å². The highest BCUT2D eigenvalue weighted by atomic mass is 16.7. The molecule has 1 saturated heterocycles. The molecule has 4 atom stereocenters. The molecule has 0 bridgehead atoms. The first kappa shape index (κ1) is 20.2. The van der Waals surface area contributed by atoms with Crippen LogP contribution in [0.3, 0.4) is 0 Å². The van der Waals surface area contributed by atoms with E-state index in [1.807, 2.05) is 0 Å². The predicted octanol–water partition coefficient (Wildman–Crippen LogP) is 0.992. The fraction of sp³-hybridized carbons (Fsp3) is 0.286. The topological polar surface area (TPSA) is 139 Å². The van der Waals surface area contributed by atoms with Crippen molar-refractivity contribution in [1.29, 1.82) is 0 Å². The number of phenolic OH excluding ortho intramolecular Hbond substituents is 1. The minimum atomic E-state index is -1.43. The SMILES string of the molecule is COc1cccc(-c2coc3c(O)c(O[C@H]4O[C@H](CO)[C@@H](O)[C@@H]4O)ccc3c2=O)c1. The average Bonchev–Trinajstić information content (AvgIpc) is 3.04. The first-order chi connectivity index (χ1) is 14.4. The Morgan fingerprint density at radius 1 is 1.13 bits per heavy atom. The van der Waals surface area contributed by atoms with E-state index in [1.54, 1.807) is 24.3 Å². The highest BCUT2D eigenvalue weighted by Gasteiger charge is 2.44. The molecule has 2 heterocycles. The van der Waals surface area contributed by atoms with E-state index in [4.69, 9.17) is 23.7 Å². The molecular weight excluding hydrogens is 396 g/mol. The van der Waals surface area contributed by atoms with Gasteiger partial charge in [0.05, 0.1) is 24.7 Å². The van der Waals surface area contributed by atoms with Gasteiger partial charge in [0.15, 0.2) is 11.3 Å². The second-order valence-electron chi connectivity index (χ2n) is 6.82. The fourth-order valence-corrected chi connectivity index (χ4v) is 3.34. The largest absolute Gasteiger partial charge is 0.502 e. The van der Waals surface area contributed by atoms with Crippen molar-refractivity contribution in [2.45, 2.75) is 24.6 Å². The van der Waals surface area contributed by atoms with Crippen LogP contribution in [0.2, 0.25) is 0 Å². The molecule has 0 saturated carbocycles. The Hall–Kier alpha value is -3.11. The van der Waals surface area contributed by atoms with Gasteiger partial charge in [0.25, 0.3) is 0 Å². The zero-order valence-electron chi connectivity index (χ0n) is 15.9. The van der Waals surface area contributed by atoms with Crippen LogP contribution in [0, 0.1) is 0 Å². The van der Waals surface area contributed by atoms with E-state index in [0.717, 1.165) is 0 Å². The summed E-state index contributed by atoms with van der Waals surface area (Å²) < 4.78 is 21.4. The van der Waals surface area contributed by atoms with Gasteiger partial charge < -0.3 is 39.1 Å². The maximum Gasteiger partial charge on any atom is 0.229 e. The van der Waals surface area contributed by atoms with Crippen molar-refractivity contribution in [3.63, 3.8) is 0 Å². The molecule has 2 aromatic carbocycles. The molecule has 9 heteroatoms. The molecule has 9 nitrogen and oxygen atoms in total. The van der Waals surface area contributed by atoms with Crippen LogP contribution in [0.15, 0.2) is 51.9 Å². The summed E-state index contributed by atoms with van der Waals surface area (Å²) in [5.74, 6) is 0.00577. The normalized spacial score (nSPS) is 23.6. The second kappa shape index (κ2) is 7.96. The number of aliphatic hydroxyl groups excluding tert-OH is 3. The highest BCUT2D eigenvalue weighted by Crippen LogP contribution is 2.36. The molecule has 0 radical (unpaired) electrons. The molecule has 0 aliphatic carbocycles. The van der Waals surface area contributed by atoms with Crippen molar-refractivity contribution in [2.24, 2.45) is 0 Å². The van der Waals surface area contributed by atoms with Gasteiger partial charge in [-0.3, -0.25) is 4.79 Å².